The van der Waals surface area contributed by atoms with Crippen LogP contribution in [0.4, 0.5) is 4.39 Å². The third kappa shape index (κ3) is 9.98. The second-order valence-corrected chi connectivity index (χ2v) is 24.7. The number of fused-ring (bicyclic) bond motifs is 4. The zero-order valence-corrected chi connectivity index (χ0v) is 48.4. The topological polar surface area (TPSA) is 55.9 Å². The zero-order valence-electron chi connectivity index (χ0n) is 46.2. The van der Waals surface area contributed by atoms with E-state index in [2.05, 4.69) is 250 Å². The number of benzene rings is 8. The molecule has 0 amide bonds. The summed E-state index contributed by atoms with van der Waals surface area (Å²) in [7, 11) is 0. The second-order valence-electron chi connectivity index (χ2n) is 24.7. The number of halogens is 1. The van der Waals surface area contributed by atoms with Crippen molar-refractivity contribution in [2.24, 2.45) is 0 Å². The molecule has 7 heteroatoms. The van der Waals surface area contributed by atoms with Crippen molar-refractivity contribution in [3.63, 3.8) is 0 Å². The van der Waals surface area contributed by atoms with E-state index >= 15 is 0 Å². The Kier molecular flexibility index (Phi) is 13.5. The van der Waals surface area contributed by atoms with Gasteiger partial charge in [-0.3, -0.25) is 9.55 Å². The summed E-state index contributed by atoms with van der Waals surface area (Å²) in [6.45, 7) is 27.0. The Morgan fingerprint density at radius 3 is 1.69 bits per heavy atom. The molecule has 0 atom stereocenters. The zero-order chi connectivity index (χ0) is 53.6. The first-order valence-corrected chi connectivity index (χ1v) is 26.5. The average molecular weight is 1190 g/mol. The number of para-hydroxylation sites is 3. The summed E-state index contributed by atoms with van der Waals surface area (Å²) in [6.07, 6.45) is 1.90. The molecule has 390 valence electrons. The van der Waals surface area contributed by atoms with Gasteiger partial charge in [-0.05, 0) is 115 Å². The summed E-state index contributed by atoms with van der Waals surface area (Å²) in [5.74, 6) is -0.207. The van der Waals surface area contributed by atoms with E-state index < -0.39 is 5.82 Å². The molecule has 5 nitrogen and oxygen atoms in total. The predicted octanol–water partition coefficient (Wildman–Crippen LogP) is 18.7. The molecule has 11 aromatic rings. The Balaban J connectivity index is 0.00000672. The van der Waals surface area contributed by atoms with Crippen LogP contribution in [0.1, 0.15) is 105 Å². The molecule has 8 aromatic carbocycles. The van der Waals surface area contributed by atoms with Gasteiger partial charge in [0.1, 0.15) is 17.4 Å². The molecule has 0 radical (unpaired) electrons. The van der Waals surface area contributed by atoms with Gasteiger partial charge in [0.2, 0.25) is 0 Å². The Bertz CT molecular complexity index is 4000. The van der Waals surface area contributed by atoms with E-state index in [1.54, 1.807) is 6.07 Å². The molecule has 0 aliphatic carbocycles. The van der Waals surface area contributed by atoms with Gasteiger partial charge in [-0.1, -0.05) is 185 Å². The van der Waals surface area contributed by atoms with Gasteiger partial charge in [0.25, 0.3) is 0 Å². The fraction of sp³-hybridized carbons (Fsp3) is 0.229. The van der Waals surface area contributed by atoms with Crippen molar-refractivity contribution in [2.75, 3.05) is 0 Å². The molecular formula is C70H66FN4OPt-. The quantitative estimate of drug-likeness (QED) is 0.162. The van der Waals surface area contributed by atoms with Crippen LogP contribution in [0, 0.1) is 11.9 Å². The van der Waals surface area contributed by atoms with Crippen LogP contribution in [0.15, 0.2) is 176 Å². The van der Waals surface area contributed by atoms with E-state index in [9.17, 15) is 9.50 Å². The van der Waals surface area contributed by atoms with E-state index in [1.165, 1.54) is 45.2 Å². The van der Waals surface area contributed by atoms with Gasteiger partial charge in [0.05, 0.1) is 27.6 Å². The van der Waals surface area contributed by atoms with E-state index in [0.29, 0.717) is 11.4 Å². The third-order valence-corrected chi connectivity index (χ3v) is 15.0. The molecule has 11 rings (SSSR count). The molecular weight excluding hydrogens is 1130 g/mol. The number of rotatable bonds is 7. The van der Waals surface area contributed by atoms with Crippen molar-refractivity contribution in [2.45, 2.75) is 105 Å². The first-order chi connectivity index (χ1) is 36.0. The van der Waals surface area contributed by atoms with E-state index in [0.717, 1.165) is 78.1 Å². The smallest absolute Gasteiger partial charge is 0.148 e. The van der Waals surface area contributed by atoms with Crippen molar-refractivity contribution in [3.05, 3.63) is 210 Å². The molecule has 77 heavy (non-hydrogen) atoms. The van der Waals surface area contributed by atoms with Gasteiger partial charge in [-0.2, -0.15) is 0 Å². The summed E-state index contributed by atoms with van der Waals surface area (Å²) < 4.78 is 19.5. The van der Waals surface area contributed by atoms with Crippen LogP contribution in [-0.2, 0) is 42.7 Å². The molecule has 0 saturated carbocycles. The van der Waals surface area contributed by atoms with E-state index in [1.807, 2.05) is 6.20 Å². The van der Waals surface area contributed by atoms with Gasteiger partial charge >= 0.3 is 0 Å². The maximum Gasteiger partial charge on any atom is 0.148 e. The van der Waals surface area contributed by atoms with Crippen molar-refractivity contribution >= 4 is 32.8 Å². The molecule has 0 bridgehead atoms. The molecule has 3 heterocycles. The standard InChI is InChI=1S/C70H66FN4O.Pt/c1-67(2,3)48-33-46(34-49(38-48)68(4,5)6)47-35-59(64-62(37-47)75(66(73-64)58-29-28-52(71)42-63(58)76)54-40-50(69(7,8)9)39-51(41-54)70(10,11)12)43-20-18-21-45(32-43)60-36-44(30-31-72-60)55-25-19-26-57-56-24-16-17-27-61(56)74(65(55)57)53-22-14-13-15-23-53;/h13-31,33-42,76H,1-12H3;/q-1;. The van der Waals surface area contributed by atoms with Crippen molar-refractivity contribution in [1.29, 1.82) is 0 Å². The van der Waals surface area contributed by atoms with Crippen molar-refractivity contribution in [1.82, 2.24) is 19.1 Å². The Morgan fingerprint density at radius 2 is 1.04 bits per heavy atom. The largest absolute Gasteiger partial charge is 0.507 e. The molecule has 0 saturated heterocycles. The Morgan fingerprint density at radius 1 is 0.455 bits per heavy atom. The SMILES string of the molecule is CC(C)(C)c1cc(-c2cc(-c3[c-]c(-c4cc(-c5cccc6c7ccccc7n(-c7ccccc7)c56)ccn4)ccc3)c3nc(-c4ccc(F)cc4O)n(-c4cc(C(C)(C)C)cc(C(C)(C)C)c4)c3c2)cc(C(C)(C)C)c1.[Pt]. The fourth-order valence-corrected chi connectivity index (χ4v) is 10.6. The predicted molar refractivity (Wildman–Crippen MR) is 316 cm³/mol. The summed E-state index contributed by atoms with van der Waals surface area (Å²) in [6, 6.07) is 62.7. The van der Waals surface area contributed by atoms with Gasteiger partial charge in [0, 0.05) is 66.7 Å². The molecule has 0 aliphatic heterocycles. The van der Waals surface area contributed by atoms with Gasteiger partial charge in [-0.25, -0.2) is 9.37 Å². The number of pyridine rings is 1. The van der Waals surface area contributed by atoms with Crippen molar-refractivity contribution < 1.29 is 30.6 Å². The van der Waals surface area contributed by atoms with Gasteiger partial charge < -0.3 is 9.67 Å². The van der Waals surface area contributed by atoms with Crippen LogP contribution in [0.5, 0.6) is 5.75 Å². The number of aromatic hydroxyl groups is 1. The number of aromatic nitrogens is 4. The normalized spacial score (nSPS) is 12.4. The minimum atomic E-state index is -0.524. The summed E-state index contributed by atoms with van der Waals surface area (Å²) in [5, 5.41) is 14.1. The third-order valence-electron chi connectivity index (χ3n) is 15.0. The number of phenolic OH excluding ortho intramolecular Hbond substituents is 1. The fourth-order valence-electron chi connectivity index (χ4n) is 10.6. The van der Waals surface area contributed by atoms with E-state index in [-0.39, 0.29) is 48.5 Å². The van der Waals surface area contributed by atoms with Crippen LogP contribution in [0.25, 0.3) is 100 Å². The van der Waals surface area contributed by atoms with Crippen LogP contribution < -0.4 is 0 Å². The average Bonchev–Trinajstić information content (AvgIpc) is 4.16. The number of hydrogen-bond acceptors (Lipinski definition) is 3. The first-order valence-electron chi connectivity index (χ1n) is 26.5. The first kappa shape index (κ1) is 53.0. The summed E-state index contributed by atoms with van der Waals surface area (Å²) >= 11 is 0. The Labute approximate surface area is 467 Å². The van der Waals surface area contributed by atoms with Gasteiger partial charge in [-0.15, -0.1) is 29.8 Å². The maximum atomic E-state index is 14.9. The number of imidazole rings is 1. The monoisotopic (exact) mass is 1190 g/mol. The molecule has 3 aromatic heterocycles. The minimum absolute atomic E-state index is 0. The number of hydrogen-bond donors (Lipinski definition) is 1. The number of nitrogens with zero attached hydrogens (tertiary/aromatic N) is 4. The minimum Gasteiger partial charge on any atom is -0.507 e. The van der Waals surface area contributed by atoms with Crippen LogP contribution in [0.3, 0.4) is 0 Å². The maximum absolute atomic E-state index is 14.9. The molecule has 0 unspecified atom stereocenters. The van der Waals surface area contributed by atoms with Crippen LogP contribution >= 0.6 is 0 Å². The molecule has 0 aliphatic rings. The number of phenols is 1. The van der Waals surface area contributed by atoms with Crippen molar-refractivity contribution in [3.8, 4) is 73.2 Å². The van der Waals surface area contributed by atoms with Crippen LogP contribution in [0.2, 0.25) is 0 Å². The molecule has 0 spiro atoms. The summed E-state index contributed by atoms with van der Waals surface area (Å²) in [5.41, 5.74) is 18.1. The van der Waals surface area contributed by atoms with Gasteiger partial charge in [0.15, 0.2) is 0 Å². The van der Waals surface area contributed by atoms with E-state index in [4.69, 9.17) is 9.97 Å². The summed E-state index contributed by atoms with van der Waals surface area (Å²) in [4.78, 5) is 10.6. The molecule has 1 N–H and O–H groups in total. The van der Waals surface area contributed by atoms with Crippen LogP contribution in [-0.4, -0.2) is 24.2 Å². The Hall–Kier alpha value is -7.40. The second kappa shape index (κ2) is 19.6. The molecule has 0 fully saturated rings.